The number of aromatic nitrogens is 2. The van der Waals surface area contributed by atoms with Gasteiger partial charge in [-0.3, -0.25) is 19.9 Å². The quantitative estimate of drug-likeness (QED) is 0.286. The number of carbonyl (C=O) groups excluding carboxylic acids is 1. The number of fused-ring (bicyclic) bond motifs is 1. The summed E-state index contributed by atoms with van der Waals surface area (Å²) in [6.45, 7) is 3.73. The Kier molecular flexibility index (Phi) is 5.94. The molecule has 0 unspecified atom stereocenters. The first kappa shape index (κ1) is 20.3. The molecule has 3 heterocycles. The number of aryl methyl sites for hydroxylation is 1. The van der Waals surface area contributed by atoms with Crippen LogP contribution in [0.3, 0.4) is 0 Å². The molecule has 7 nitrogen and oxygen atoms in total. The van der Waals surface area contributed by atoms with Crippen LogP contribution in [0.1, 0.15) is 28.9 Å². The van der Waals surface area contributed by atoms with E-state index in [4.69, 9.17) is 10.9 Å². The van der Waals surface area contributed by atoms with Crippen molar-refractivity contribution in [1.82, 2.24) is 20.3 Å². The van der Waals surface area contributed by atoms with Crippen LogP contribution in [0.5, 0.6) is 0 Å². The average molecular weight is 406 g/mol. The highest BCUT2D eigenvalue weighted by Crippen LogP contribution is 2.28. The highest BCUT2D eigenvalue weighted by Gasteiger charge is 2.31. The van der Waals surface area contributed by atoms with Gasteiger partial charge in [-0.2, -0.15) is 0 Å². The Balaban J connectivity index is 1.47. The van der Waals surface area contributed by atoms with Crippen molar-refractivity contribution in [2.75, 3.05) is 6.54 Å². The van der Waals surface area contributed by atoms with E-state index in [9.17, 15) is 4.79 Å². The van der Waals surface area contributed by atoms with Crippen molar-refractivity contribution >= 4 is 22.9 Å². The number of hydrogen-bond acceptors (Lipinski definition) is 5. The minimum atomic E-state index is -0.569. The Labute approximate surface area is 175 Å². The van der Waals surface area contributed by atoms with Gasteiger partial charge >= 0.3 is 0 Å². The van der Waals surface area contributed by atoms with E-state index < -0.39 is 5.91 Å². The fraction of sp³-hybridized carbons (Fsp3) is 0.304. The number of H-pyrrole nitrogens is 1. The van der Waals surface area contributed by atoms with Gasteiger partial charge in [0.2, 0.25) is 0 Å². The van der Waals surface area contributed by atoms with Crippen LogP contribution in [0, 0.1) is 6.92 Å². The normalized spacial score (nSPS) is 19.7. The molecule has 1 amide bonds. The zero-order valence-corrected chi connectivity index (χ0v) is 17.0. The monoisotopic (exact) mass is 405 g/mol. The molecule has 1 aliphatic heterocycles. The smallest absolute Gasteiger partial charge is 0.267 e. The number of likely N-dealkylation sites (tertiary alicyclic amines) is 1. The fourth-order valence-corrected chi connectivity index (χ4v) is 4.31. The lowest BCUT2D eigenvalue weighted by molar-refractivity contribution is -0.124. The van der Waals surface area contributed by atoms with Gasteiger partial charge in [-0.25, -0.2) is 5.48 Å². The number of benzene rings is 1. The lowest BCUT2D eigenvalue weighted by Crippen LogP contribution is -2.32. The van der Waals surface area contributed by atoms with Crippen molar-refractivity contribution < 1.29 is 10.0 Å². The van der Waals surface area contributed by atoms with Gasteiger partial charge in [0.05, 0.1) is 5.69 Å². The van der Waals surface area contributed by atoms with E-state index in [1.807, 2.05) is 12.1 Å². The van der Waals surface area contributed by atoms with E-state index in [0.717, 1.165) is 37.2 Å². The summed E-state index contributed by atoms with van der Waals surface area (Å²) < 4.78 is 0. The third-order valence-corrected chi connectivity index (χ3v) is 5.78. The molecule has 30 heavy (non-hydrogen) atoms. The van der Waals surface area contributed by atoms with Crippen molar-refractivity contribution in [3.63, 3.8) is 0 Å². The standard InChI is InChI=1S/C23H27N5O2/c1-15-21(20-4-2-3-5-22(20)26-15)11-19-10-17(24)13-28(19)14-18-8-6-16(12-25-18)7-9-23(29)27-30/h2-9,12,17,19,26,30H,10-11,13-14,24H2,1H3,(H,27,29)/t17-,19+/m0/s1. The van der Waals surface area contributed by atoms with Crippen LogP contribution in [0.2, 0.25) is 0 Å². The maximum Gasteiger partial charge on any atom is 0.267 e. The first-order valence-electron chi connectivity index (χ1n) is 10.2. The summed E-state index contributed by atoms with van der Waals surface area (Å²) in [6, 6.07) is 12.9. The van der Waals surface area contributed by atoms with Gasteiger partial charge in [-0.15, -0.1) is 0 Å². The van der Waals surface area contributed by atoms with Gasteiger partial charge in [0.25, 0.3) is 5.91 Å². The molecule has 0 saturated carbocycles. The molecule has 1 aromatic carbocycles. The minimum Gasteiger partial charge on any atom is -0.358 e. The molecule has 0 spiro atoms. The third kappa shape index (κ3) is 4.43. The molecule has 2 atom stereocenters. The number of amides is 1. The lowest BCUT2D eigenvalue weighted by Gasteiger charge is -2.24. The third-order valence-electron chi connectivity index (χ3n) is 5.78. The summed E-state index contributed by atoms with van der Waals surface area (Å²) in [4.78, 5) is 21.5. The number of hydrogen-bond donors (Lipinski definition) is 4. The number of rotatable bonds is 6. The van der Waals surface area contributed by atoms with Crippen LogP contribution in [0.4, 0.5) is 0 Å². The Bertz CT molecular complexity index is 1060. The Morgan fingerprint density at radius 1 is 1.37 bits per heavy atom. The number of aromatic amines is 1. The average Bonchev–Trinajstić information content (AvgIpc) is 3.26. The molecule has 1 fully saturated rings. The molecular formula is C23H27N5O2. The van der Waals surface area contributed by atoms with Crippen molar-refractivity contribution in [3.8, 4) is 0 Å². The Morgan fingerprint density at radius 2 is 2.20 bits per heavy atom. The van der Waals surface area contributed by atoms with E-state index in [1.54, 1.807) is 17.8 Å². The van der Waals surface area contributed by atoms with Gasteiger partial charge in [0.1, 0.15) is 0 Å². The van der Waals surface area contributed by atoms with E-state index >= 15 is 0 Å². The number of nitrogens with one attached hydrogen (secondary N) is 2. The zero-order chi connectivity index (χ0) is 21.1. The number of carbonyl (C=O) groups is 1. The molecule has 1 saturated heterocycles. The number of nitrogens with zero attached hydrogens (tertiary/aromatic N) is 2. The molecule has 0 radical (unpaired) electrons. The maximum atomic E-state index is 11.1. The van der Waals surface area contributed by atoms with E-state index in [1.165, 1.54) is 28.2 Å². The molecular weight excluding hydrogens is 378 g/mol. The lowest BCUT2D eigenvalue weighted by atomic mass is 10.00. The van der Waals surface area contributed by atoms with Crippen molar-refractivity contribution in [2.24, 2.45) is 5.73 Å². The molecule has 0 bridgehead atoms. The van der Waals surface area contributed by atoms with Crippen LogP contribution in [-0.2, 0) is 17.8 Å². The Morgan fingerprint density at radius 3 is 2.97 bits per heavy atom. The van der Waals surface area contributed by atoms with Crippen molar-refractivity contribution in [1.29, 1.82) is 0 Å². The molecule has 2 aromatic heterocycles. The fourth-order valence-electron chi connectivity index (χ4n) is 4.31. The second-order valence-electron chi connectivity index (χ2n) is 7.95. The van der Waals surface area contributed by atoms with E-state index in [-0.39, 0.29) is 6.04 Å². The second-order valence-corrected chi connectivity index (χ2v) is 7.95. The summed E-state index contributed by atoms with van der Waals surface area (Å²) in [5.74, 6) is -0.569. The predicted octanol–water partition coefficient (Wildman–Crippen LogP) is 2.53. The van der Waals surface area contributed by atoms with Crippen LogP contribution < -0.4 is 11.2 Å². The number of nitrogens with two attached hydrogens (primary N) is 1. The van der Waals surface area contributed by atoms with Crippen LogP contribution >= 0.6 is 0 Å². The molecule has 3 aromatic rings. The largest absolute Gasteiger partial charge is 0.358 e. The van der Waals surface area contributed by atoms with Gasteiger partial charge in [-0.1, -0.05) is 24.3 Å². The van der Waals surface area contributed by atoms with E-state index in [0.29, 0.717) is 6.04 Å². The molecule has 1 aliphatic rings. The summed E-state index contributed by atoms with van der Waals surface area (Å²) >= 11 is 0. The highest BCUT2D eigenvalue weighted by atomic mass is 16.5. The molecule has 5 N–H and O–H groups in total. The first-order chi connectivity index (χ1) is 14.5. The van der Waals surface area contributed by atoms with E-state index in [2.05, 4.69) is 46.1 Å². The van der Waals surface area contributed by atoms with Crippen molar-refractivity contribution in [2.45, 2.75) is 38.4 Å². The summed E-state index contributed by atoms with van der Waals surface area (Å²) in [5.41, 5.74) is 13.4. The van der Waals surface area contributed by atoms with Crippen LogP contribution in [0.25, 0.3) is 17.0 Å². The Hall–Kier alpha value is -3.00. The van der Waals surface area contributed by atoms with Crippen LogP contribution in [-0.4, -0.2) is 44.6 Å². The number of para-hydroxylation sites is 1. The number of pyridine rings is 1. The maximum absolute atomic E-state index is 11.1. The van der Waals surface area contributed by atoms with Gasteiger partial charge in [0.15, 0.2) is 0 Å². The highest BCUT2D eigenvalue weighted by molar-refractivity contribution is 5.90. The predicted molar refractivity (Wildman–Crippen MR) is 117 cm³/mol. The minimum absolute atomic E-state index is 0.166. The molecule has 4 rings (SSSR count). The first-order valence-corrected chi connectivity index (χ1v) is 10.2. The second kappa shape index (κ2) is 8.79. The van der Waals surface area contributed by atoms with Crippen molar-refractivity contribution in [3.05, 3.63) is 71.2 Å². The molecule has 7 heteroatoms. The molecule has 156 valence electrons. The summed E-state index contributed by atoms with van der Waals surface area (Å²) in [5, 5.41) is 9.83. The molecule has 0 aliphatic carbocycles. The number of hydroxylamine groups is 1. The summed E-state index contributed by atoms with van der Waals surface area (Å²) in [7, 11) is 0. The SMILES string of the molecule is Cc1[nH]c2ccccc2c1C[C@H]1C[C@H](N)CN1Cc1ccc(C=CC(=O)NO)cn1. The van der Waals surface area contributed by atoms with Gasteiger partial charge < -0.3 is 10.7 Å². The topological polar surface area (TPSA) is 107 Å². The zero-order valence-electron chi connectivity index (χ0n) is 17.0. The van der Waals surface area contributed by atoms with Gasteiger partial charge in [0, 0.05) is 54.0 Å². The van der Waals surface area contributed by atoms with Crippen LogP contribution in [0.15, 0.2) is 48.7 Å². The summed E-state index contributed by atoms with van der Waals surface area (Å²) in [6.07, 6.45) is 6.52. The van der Waals surface area contributed by atoms with Gasteiger partial charge in [-0.05, 0) is 49.1 Å².